The fourth-order valence-corrected chi connectivity index (χ4v) is 3.01. The second-order valence-corrected chi connectivity index (χ2v) is 7.45. The molecule has 2 aromatic rings. The van der Waals surface area contributed by atoms with Gasteiger partial charge >= 0.3 is 0 Å². The molecule has 0 unspecified atom stereocenters. The summed E-state index contributed by atoms with van der Waals surface area (Å²) in [7, 11) is 1.54. The quantitative estimate of drug-likeness (QED) is 0.614. The molecule has 2 atom stereocenters. The third-order valence-corrected chi connectivity index (χ3v) is 5.26. The Balaban J connectivity index is 2.19. The Kier molecular flexibility index (Phi) is 8.99. The van der Waals surface area contributed by atoms with E-state index in [0.717, 1.165) is 12.0 Å². The van der Waals surface area contributed by atoms with E-state index < -0.39 is 6.04 Å². The summed E-state index contributed by atoms with van der Waals surface area (Å²) in [4.78, 5) is 27.3. The number of benzene rings is 2. The molecule has 0 aliphatic heterocycles. The van der Waals surface area contributed by atoms with Crippen molar-refractivity contribution in [3.63, 3.8) is 0 Å². The number of halogens is 1. The van der Waals surface area contributed by atoms with Crippen molar-refractivity contribution in [3.05, 3.63) is 59.1 Å². The van der Waals surface area contributed by atoms with Gasteiger partial charge in [0.1, 0.15) is 6.04 Å². The summed E-state index contributed by atoms with van der Waals surface area (Å²) >= 11 is 6.29. The zero-order valence-corrected chi connectivity index (χ0v) is 18.6. The Morgan fingerprint density at radius 1 is 1.07 bits per heavy atom. The predicted molar refractivity (Wildman–Crippen MR) is 118 cm³/mol. The maximum absolute atomic E-state index is 13.1. The number of para-hydroxylation sites is 2. The summed E-state index contributed by atoms with van der Waals surface area (Å²) < 4.78 is 10.9. The van der Waals surface area contributed by atoms with Crippen LogP contribution in [0.5, 0.6) is 11.5 Å². The van der Waals surface area contributed by atoms with Gasteiger partial charge in [-0.1, -0.05) is 48.9 Å². The van der Waals surface area contributed by atoms with E-state index in [0.29, 0.717) is 16.5 Å². The molecule has 162 valence electrons. The molecule has 0 radical (unpaired) electrons. The SMILES string of the molecule is CC[C@@H](C)NC(=O)[C@@H](C)N(Cc1ccccc1Cl)C(=O)COc1ccccc1OC. The van der Waals surface area contributed by atoms with Crippen LogP contribution in [0, 0.1) is 0 Å². The van der Waals surface area contributed by atoms with Gasteiger partial charge in [-0.3, -0.25) is 9.59 Å². The first-order chi connectivity index (χ1) is 14.4. The minimum Gasteiger partial charge on any atom is -0.493 e. The van der Waals surface area contributed by atoms with E-state index >= 15 is 0 Å². The van der Waals surface area contributed by atoms with Gasteiger partial charge in [-0.2, -0.15) is 0 Å². The second-order valence-electron chi connectivity index (χ2n) is 7.05. The fraction of sp³-hybridized carbons (Fsp3) is 0.391. The lowest BCUT2D eigenvalue weighted by molar-refractivity contribution is -0.142. The Morgan fingerprint density at radius 2 is 1.70 bits per heavy atom. The highest BCUT2D eigenvalue weighted by Gasteiger charge is 2.27. The van der Waals surface area contributed by atoms with Crippen LogP contribution in [0.2, 0.25) is 5.02 Å². The lowest BCUT2D eigenvalue weighted by Crippen LogP contribution is -2.50. The normalized spacial score (nSPS) is 12.6. The van der Waals surface area contributed by atoms with E-state index in [1.54, 1.807) is 31.2 Å². The molecule has 0 saturated carbocycles. The van der Waals surface area contributed by atoms with Gasteiger partial charge in [0.15, 0.2) is 18.1 Å². The second kappa shape index (κ2) is 11.5. The Labute approximate surface area is 183 Å². The monoisotopic (exact) mass is 432 g/mol. The molecule has 0 saturated heterocycles. The van der Waals surface area contributed by atoms with E-state index in [2.05, 4.69) is 5.32 Å². The summed E-state index contributed by atoms with van der Waals surface area (Å²) in [5, 5.41) is 3.47. The van der Waals surface area contributed by atoms with Gasteiger partial charge in [0, 0.05) is 17.6 Å². The van der Waals surface area contributed by atoms with Crippen molar-refractivity contribution in [3.8, 4) is 11.5 Å². The molecule has 0 aliphatic rings. The highest BCUT2D eigenvalue weighted by Crippen LogP contribution is 2.26. The minimum atomic E-state index is -0.691. The van der Waals surface area contributed by atoms with Crippen LogP contribution in [0.25, 0.3) is 0 Å². The number of hydrogen-bond acceptors (Lipinski definition) is 4. The summed E-state index contributed by atoms with van der Waals surface area (Å²) in [6.07, 6.45) is 0.799. The average Bonchev–Trinajstić information content (AvgIpc) is 2.76. The molecule has 1 N–H and O–H groups in total. The number of carbonyl (C=O) groups is 2. The first-order valence-corrected chi connectivity index (χ1v) is 10.3. The average molecular weight is 433 g/mol. The first kappa shape index (κ1) is 23.5. The van der Waals surface area contributed by atoms with Crippen LogP contribution < -0.4 is 14.8 Å². The Morgan fingerprint density at radius 3 is 2.33 bits per heavy atom. The Bertz CT molecular complexity index is 859. The van der Waals surface area contributed by atoms with Crippen LogP contribution in [0.3, 0.4) is 0 Å². The number of nitrogens with one attached hydrogen (secondary N) is 1. The molecule has 0 spiro atoms. The van der Waals surface area contributed by atoms with E-state index in [9.17, 15) is 9.59 Å². The highest BCUT2D eigenvalue weighted by atomic mass is 35.5. The van der Waals surface area contributed by atoms with Crippen molar-refractivity contribution in [2.24, 2.45) is 0 Å². The molecule has 6 nitrogen and oxygen atoms in total. The number of ether oxygens (including phenoxy) is 2. The first-order valence-electron chi connectivity index (χ1n) is 9.96. The molecule has 2 aromatic carbocycles. The molecule has 0 bridgehead atoms. The molecule has 0 fully saturated rings. The molecule has 2 amide bonds. The number of hydrogen-bond donors (Lipinski definition) is 1. The standard InChI is InChI=1S/C23H29ClN2O4/c1-5-16(2)25-23(28)17(3)26(14-18-10-6-7-11-19(18)24)22(27)15-30-21-13-9-8-12-20(21)29-4/h6-13,16-17H,5,14-15H2,1-4H3,(H,25,28)/t16-,17-/m1/s1. The van der Waals surface area contributed by atoms with E-state index in [4.69, 9.17) is 21.1 Å². The number of carbonyl (C=O) groups excluding carboxylic acids is 2. The third kappa shape index (κ3) is 6.39. The lowest BCUT2D eigenvalue weighted by Gasteiger charge is -2.30. The topological polar surface area (TPSA) is 67.9 Å². The van der Waals surface area contributed by atoms with E-state index in [1.165, 1.54) is 12.0 Å². The number of methoxy groups -OCH3 is 1. The van der Waals surface area contributed by atoms with Crippen LogP contribution in [0.1, 0.15) is 32.8 Å². The van der Waals surface area contributed by atoms with Gasteiger partial charge < -0.3 is 19.7 Å². The lowest BCUT2D eigenvalue weighted by atomic mass is 10.1. The molecule has 0 heterocycles. The highest BCUT2D eigenvalue weighted by molar-refractivity contribution is 6.31. The maximum Gasteiger partial charge on any atom is 0.261 e. The van der Waals surface area contributed by atoms with Gasteiger partial charge in [-0.25, -0.2) is 0 Å². The van der Waals surface area contributed by atoms with Crippen molar-refractivity contribution in [2.45, 2.75) is 45.8 Å². The molecular weight excluding hydrogens is 404 g/mol. The molecule has 30 heavy (non-hydrogen) atoms. The molecular formula is C23H29ClN2O4. The van der Waals surface area contributed by atoms with Crippen LogP contribution >= 0.6 is 11.6 Å². The van der Waals surface area contributed by atoms with Crippen molar-refractivity contribution in [1.82, 2.24) is 10.2 Å². The summed E-state index contributed by atoms with van der Waals surface area (Å²) in [6.45, 7) is 5.59. The predicted octanol–water partition coefficient (Wildman–Crippen LogP) is 4.06. The fourth-order valence-electron chi connectivity index (χ4n) is 2.82. The molecule has 0 aliphatic carbocycles. The van der Waals surface area contributed by atoms with Crippen molar-refractivity contribution in [1.29, 1.82) is 0 Å². The molecule has 0 aromatic heterocycles. The van der Waals surface area contributed by atoms with Gasteiger partial charge in [-0.15, -0.1) is 0 Å². The van der Waals surface area contributed by atoms with Crippen molar-refractivity contribution < 1.29 is 19.1 Å². The maximum atomic E-state index is 13.1. The van der Waals surface area contributed by atoms with Crippen molar-refractivity contribution in [2.75, 3.05) is 13.7 Å². The summed E-state index contributed by atoms with van der Waals surface area (Å²) in [5.41, 5.74) is 0.757. The van der Waals surface area contributed by atoms with Crippen LogP contribution in [-0.2, 0) is 16.1 Å². The largest absolute Gasteiger partial charge is 0.493 e. The van der Waals surface area contributed by atoms with E-state index in [-0.39, 0.29) is 31.0 Å². The third-order valence-electron chi connectivity index (χ3n) is 4.89. The number of rotatable bonds is 10. The minimum absolute atomic E-state index is 0.0158. The van der Waals surface area contributed by atoms with Gasteiger partial charge in [0.05, 0.1) is 7.11 Å². The van der Waals surface area contributed by atoms with Gasteiger partial charge in [0.2, 0.25) is 5.91 Å². The smallest absolute Gasteiger partial charge is 0.261 e. The number of nitrogens with zero attached hydrogens (tertiary/aromatic N) is 1. The zero-order valence-electron chi connectivity index (χ0n) is 17.9. The van der Waals surface area contributed by atoms with Gasteiger partial charge in [0.25, 0.3) is 5.91 Å². The zero-order chi connectivity index (χ0) is 22.1. The number of amides is 2. The summed E-state index contributed by atoms with van der Waals surface area (Å²) in [5.74, 6) is 0.447. The van der Waals surface area contributed by atoms with Crippen LogP contribution in [0.4, 0.5) is 0 Å². The Hall–Kier alpha value is -2.73. The molecule has 7 heteroatoms. The van der Waals surface area contributed by atoms with Crippen molar-refractivity contribution >= 4 is 23.4 Å². The van der Waals surface area contributed by atoms with Crippen LogP contribution in [0.15, 0.2) is 48.5 Å². The molecule has 2 rings (SSSR count). The van der Waals surface area contributed by atoms with Crippen LogP contribution in [-0.4, -0.2) is 42.5 Å². The summed E-state index contributed by atoms with van der Waals surface area (Å²) in [6, 6.07) is 13.7. The van der Waals surface area contributed by atoms with E-state index in [1.807, 2.05) is 38.1 Å². The van der Waals surface area contributed by atoms with Gasteiger partial charge in [-0.05, 0) is 44.0 Å².